The number of nitrogens with zero attached hydrogens (tertiary/aromatic N) is 1. The SMILES string of the molecule is CCCCCNC(=NCC1Cc2ccccc21)NCC. The summed E-state index contributed by atoms with van der Waals surface area (Å²) in [7, 11) is 0. The van der Waals surface area contributed by atoms with Crippen LogP contribution in [-0.2, 0) is 6.42 Å². The molecule has 0 fully saturated rings. The number of fused-ring (bicyclic) bond motifs is 1. The summed E-state index contributed by atoms with van der Waals surface area (Å²) in [5, 5.41) is 6.75. The highest BCUT2D eigenvalue weighted by Gasteiger charge is 2.24. The van der Waals surface area contributed by atoms with Crippen molar-refractivity contribution in [3.63, 3.8) is 0 Å². The van der Waals surface area contributed by atoms with Gasteiger partial charge in [-0.2, -0.15) is 0 Å². The average molecular weight is 273 g/mol. The van der Waals surface area contributed by atoms with Gasteiger partial charge < -0.3 is 10.6 Å². The third kappa shape index (κ3) is 3.99. The van der Waals surface area contributed by atoms with Gasteiger partial charge in [0.2, 0.25) is 0 Å². The monoisotopic (exact) mass is 273 g/mol. The van der Waals surface area contributed by atoms with Gasteiger partial charge in [-0.15, -0.1) is 0 Å². The quantitative estimate of drug-likeness (QED) is 0.455. The van der Waals surface area contributed by atoms with Gasteiger partial charge in [-0.1, -0.05) is 44.0 Å². The van der Waals surface area contributed by atoms with Crippen LogP contribution in [-0.4, -0.2) is 25.6 Å². The van der Waals surface area contributed by atoms with E-state index >= 15 is 0 Å². The summed E-state index contributed by atoms with van der Waals surface area (Å²) in [6.07, 6.45) is 4.93. The predicted octanol–water partition coefficient (Wildman–Crippen LogP) is 3.07. The Morgan fingerprint density at radius 2 is 2.05 bits per heavy atom. The van der Waals surface area contributed by atoms with Crippen molar-refractivity contribution in [2.45, 2.75) is 45.4 Å². The van der Waals surface area contributed by atoms with Crippen molar-refractivity contribution in [1.82, 2.24) is 10.6 Å². The number of nitrogens with one attached hydrogen (secondary N) is 2. The van der Waals surface area contributed by atoms with E-state index in [2.05, 4.69) is 48.7 Å². The maximum Gasteiger partial charge on any atom is 0.191 e. The number of benzene rings is 1. The molecule has 0 amide bonds. The molecule has 1 aliphatic rings. The van der Waals surface area contributed by atoms with Crippen LogP contribution in [0.5, 0.6) is 0 Å². The number of hydrogen-bond donors (Lipinski definition) is 2. The van der Waals surface area contributed by atoms with E-state index in [9.17, 15) is 0 Å². The number of rotatable bonds is 7. The lowest BCUT2D eigenvalue weighted by molar-refractivity contribution is 0.612. The minimum absolute atomic E-state index is 0.609. The largest absolute Gasteiger partial charge is 0.357 e. The molecule has 0 saturated heterocycles. The van der Waals surface area contributed by atoms with Crippen molar-refractivity contribution in [2.24, 2.45) is 4.99 Å². The van der Waals surface area contributed by atoms with Crippen molar-refractivity contribution < 1.29 is 0 Å². The Balaban J connectivity index is 1.81. The number of guanidine groups is 1. The summed E-state index contributed by atoms with van der Waals surface area (Å²) in [5.74, 6) is 1.57. The third-order valence-corrected chi connectivity index (χ3v) is 3.85. The highest BCUT2D eigenvalue weighted by molar-refractivity contribution is 5.79. The van der Waals surface area contributed by atoms with Crippen molar-refractivity contribution in [1.29, 1.82) is 0 Å². The van der Waals surface area contributed by atoms with Crippen molar-refractivity contribution in [2.75, 3.05) is 19.6 Å². The highest BCUT2D eigenvalue weighted by atomic mass is 15.2. The van der Waals surface area contributed by atoms with E-state index in [1.54, 1.807) is 0 Å². The highest BCUT2D eigenvalue weighted by Crippen LogP contribution is 2.34. The van der Waals surface area contributed by atoms with E-state index in [0.29, 0.717) is 5.92 Å². The zero-order chi connectivity index (χ0) is 14.2. The minimum Gasteiger partial charge on any atom is -0.357 e. The first-order valence-electron chi connectivity index (χ1n) is 7.95. The molecule has 1 atom stereocenters. The van der Waals surface area contributed by atoms with Crippen LogP contribution in [0, 0.1) is 0 Å². The molecule has 0 heterocycles. The van der Waals surface area contributed by atoms with Crippen LogP contribution in [0.15, 0.2) is 29.3 Å². The minimum atomic E-state index is 0.609. The summed E-state index contributed by atoms with van der Waals surface area (Å²) in [6.45, 7) is 7.16. The molecule has 110 valence electrons. The number of hydrogen-bond acceptors (Lipinski definition) is 1. The Labute approximate surface area is 122 Å². The Kier molecular flexibility index (Phi) is 5.90. The van der Waals surface area contributed by atoms with Crippen molar-refractivity contribution in [3.8, 4) is 0 Å². The van der Waals surface area contributed by atoms with E-state index in [1.165, 1.54) is 36.8 Å². The molecule has 0 saturated carbocycles. The lowest BCUT2D eigenvalue weighted by Gasteiger charge is -2.28. The second-order valence-corrected chi connectivity index (χ2v) is 5.45. The molecule has 1 aromatic carbocycles. The standard InChI is InChI=1S/C17H27N3/c1-3-5-8-11-19-17(18-4-2)20-13-15-12-14-9-6-7-10-16(14)15/h6-7,9-10,15H,3-5,8,11-13H2,1-2H3,(H2,18,19,20). The zero-order valence-corrected chi connectivity index (χ0v) is 12.8. The first kappa shape index (κ1) is 14.9. The molecule has 0 spiro atoms. The third-order valence-electron chi connectivity index (χ3n) is 3.85. The summed E-state index contributed by atoms with van der Waals surface area (Å²) in [5.41, 5.74) is 2.98. The smallest absolute Gasteiger partial charge is 0.191 e. The number of unbranched alkanes of at least 4 members (excludes halogenated alkanes) is 2. The Hall–Kier alpha value is -1.51. The normalized spacial score (nSPS) is 17.3. The lowest BCUT2D eigenvalue weighted by atomic mass is 9.78. The van der Waals surface area contributed by atoms with Crippen molar-refractivity contribution >= 4 is 5.96 Å². The zero-order valence-electron chi connectivity index (χ0n) is 12.8. The van der Waals surface area contributed by atoms with E-state index in [1.807, 2.05) is 0 Å². The van der Waals surface area contributed by atoms with Gasteiger partial charge in [-0.25, -0.2) is 0 Å². The second kappa shape index (κ2) is 7.93. The first-order chi connectivity index (χ1) is 9.85. The van der Waals surface area contributed by atoms with Gasteiger partial charge in [0.05, 0.1) is 0 Å². The van der Waals surface area contributed by atoms with Crippen LogP contribution in [0.1, 0.15) is 50.2 Å². The van der Waals surface area contributed by atoms with Crippen LogP contribution in [0.25, 0.3) is 0 Å². The van der Waals surface area contributed by atoms with Crippen LogP contribution in [0.3, 0.4) is 0 Å². The molecule has 1 aliphatic carbocycles. The topological polar surface area (TPSA) is 36.4 Å². The van der Waals surface area contributed by atoms with Crippen LogP contribution >= 0.6 is 0 Å². The summed E-state index contributed by atoms with van der Waals surface area (Å²) < 4.78 is 0. The van der Waals surface area contributed by atoms with Gasteiger partial charge in [0, 0.05) is 25.6 Å². The molecular formula is C17H27N3. The van der Waals surface area contributed by atoms with Gasteiger partial charge in [-0.3, -0.25) is 4.99 Å². The molecule has 0 bridgehead atoms. The van der Waals surface area contributed by atoms with E-state index < -0.39 is 0 Å². The molecule has 3 heteroatoms. The average Bonchev–Trinajstić information content (AvgIpc) is 2.44. The molecule has 0 aliphatic heterocycles. The molecule has 2 rings (SSSR count). The Bertz CT molecular complexity index is 440. The lowest BCUT2D eigenvalue weighted by Crippen LogP contribution is -2.38. The molecule has 2 N–H and O–H groups in total. The fourth-order valence-electron chi connectivity index (χ4n) is 2.65. The maximum absolute atomic E-state index is 4.73. The molecular weight excluding hydrogens is 246 g/mol. The van der Waals surface area contributed by atoms with Gasteiger partial charge in [-0.05, 0) is 30.9 Å². The molecule has 1 aromatic rings. The van der Waals surface area contributed by atoms with Gasteiger partial charge in [0.15, 0.2) is 5.96 Å². The molecule has 1 unspecified atom stereocenters. The van der Waals surface area contributed by atoms with Crippen LogP contribution in [0.2, 0.25) is 0 Å². The van der Waals surface area contributed by atoms with Gasteiger partial charge in [0.25, 0.3) is 0 Å². The van der Waals surface area contributed by atoms with Crippen molar-refractivity contribution in [3.05, 3.63) is 35.4 Å². The van der Waals surface area contributed by atoms with Gasteiger partial charge >= 0.3 is 0 Å². The van der Waals surface area contributed by atoms with Crippen LogP contribution in [0.4, 0.5) is 0 Å². The van der Waals surface area contributed by atoms with E-state index in [4.69, 9.17) is 4.99 Å². The van der Waals surface area contributed by atoms with Gasteiger partial charge in [0.1, 0.15) is 0 Å². The summed E-state index contributed by atoms with van der Waals surface area (Å²) in [6, 6.07) is 8.71. The van der Waals surface area contributed by atoms with Crippen LogP contribution < -0.4 is 10.6 Å². The van der Waals surface area contributed by atoms with E-state index in [0.717, 1.165) is 25.6 Å². The summed E-state index contributed by atoms with van der Waals surface area (Å²) >= 11 is 0. The molecule has 20 heavy (non-hydrogen) atoms. The van der Waals surface area contributed by atoms with E-state index in [-0.39, 0.29) is 0 Å². The molecule has 3 nitrogen and oxygen atoms in total. The first-order valence-corrected chi connectivity index (χ1v) is 7.95. The molecule has 0 aromatic heterocycles. The fourth-order valence-corrected chi connectivity index (χ4v) is 2.65. The summed E-state index contributed by atoms with van der Waals surface area (Å²) in [4.78, 5) is 4.73. The predicted molar refractivity (Wildman–Crippen MR) is 86.4 cm³/mol. The maximum atomic E-state index is 4.73. The second-order valence-electron chi connectivity index (χ2n) is 5.45. The Morgan fingerprint density at radius 3 is 2.80 bits per heavy atom. The Morgan fingerprint density at radius 1 is 1.20 bits per heavy atom. The number of aliphatic imine (C=N–C) groups is 1. The fraction of sp³-hybridized carbons (Fsp3) is 0.588. The molecule has 0 radical (unpaired) electrons.